The predicted octanol–water partition coefficient (Wildman–Crippen LogP) is 5.24. The van der Waals surface area contributed by atoms with E-state index < -0.39 is 0 Å². The summed E-state index contributed by atoms with van der Waals surface area (Å²) in [5.74, 6) is 0.882. The number of hydrogen-bond donors (Lipinski definition) is 0. The SMILES string of the molecule is Cc1ccc(N=c2scc(-c3ccco3)n2C(C)C)c(C)c1. The molecule has 0 saturated carbocycles. The molecule has 3 aromatic rings. The largest absolute Gasteiger partial charge is 0.463 e. The summed E-state index contributed by atoms with van der Waals surface area (Å²) in [5, 5.41) is 2.11. The number of furan rings is 1. The van der Waals surface area contributed by atoms with Gasteiger partial charge >= 0.3 is 0 Å². The third-order valence-corrected chi connectivity index (χ3v) is 4.44. The fourth-order valence-electron chi connectivity index (χ4n) is 2.54. The van der Waals surface area contributed by atoms with E-state index in [1.54, 1.807) is 17.6 Å². The first kappa shape index (κ1) is 14.9. The zero-order valence-corrected chi connectivity index (χ0v) is 14.1. The minimum absolute atomic E-state index is 0.316. The fraction of sp³-hybridized carbons (Fsp3) is 0.278. The summed E-state index contributed by atoms with van der Waals surface area (Å²) in [6.07, 6.45) is 1.71. The number of aromatic nitrogens is 1. The van der Waals surface area contributed by atoms with Gasteiger partial charge in [-0.3, -0.25) is 0 Å². The van der Waals surface area contributed by atoms with Crippen LogP contribution in [0.3, 0.4) is 0 Å². The minimum Gasteiger partial charge on any atom is -0.463 e. The van der Waals surface area contributed by atoms with Gasteiger partial charge in [0, 0.05) is 11.4 Å². The van der Waals surface area contributed by atoms with E-state index in [2.05, 4.69) is 55.8 Å². The molecule has 0 N–H and O–H groups in total. The van der Waals surface area contributed by atoms with Gasteiger partial charge in [0.2, 0.25) is 0 Å². The number of thiazole rings is 1. The number of benzene rings is 1. The van der Waals surface area contributed by atoms with E-state index in [4.69, 9.17) is 9.41 Å². The third-order valence-electron chi connectivity index (χ3n) is 3.60. The van der Waals surface area contributed by atoms with Crippen molar-refractivity contribution >= 4 is 17.0 Å². The van der Waals surface area contributed by atoms with E-state index in [0.717, 1.165) is 21.9 Å². The van der Waals surface area contributed by atoms with Crippen LogP contribution in [0.1, 0.15) is 31.0 Å². The van der Waals surface area contributed by atoms with E-state index in [-0.39, 0.29) is 0 Å². The van der Waals surface area contributed by atoms with Gasteiger partial charge in [-0.05, 0) is 51.5 Å². The Balaban J connectivity index is 2.17. The van der Waals surface area contributed by atoms with Gasteiger partial charge in [-0.25, -0.2) is 4.99 Å². The van der Waals surface area contributed by atoms with Crippen molar-refractivity contribution < 1.29 is 4.42 Å². The number of rotatable bonds is 3. The average molecular weight is 312 g/mol. The number of hydrogen-bond acceptors (Lipinski definition) is 3. The minimum atomic E-state index is 0.316. The van der Waals surface area contributed by atoms with Crippen molar-refractivity contribution in [1.29, 1.82) is 0 Å². The highest BCUT2D eigenvalue weighted by molar-refractivity contribution is 7.07. The molecule has 0 radical (unpaired) electrons. The Morgan fingerprint density at radius 2 is 2.00 bits per heavy atom. The highest BCUT2D eigenvalue weighted by atomic mass is 32.1. The Labute approximate surface area is 134 Å². The first-order valence-corrected chi connectivity index (χ1v) is 8.30. The summed E-state index contributed by atoms with van der Waals surface area (Å²) in [5.41, 5.74) is 4.56. The molecule has 0 bridgehead atoms. The maximum absolute atomic E-state index is 5.56. The predicted molar refractivity (Wildman–Crippen MR) is 91.5 cm³/mol. The Bertz CT molecular complexity index is 838. The molecule has 0 aliphatic heterocycles. The quantitative estimate of drug-likeness (QED) is 0.650. The van der Waals surface area contributed by atoms with Gasteiger partial charge in [-0.2, -0.15) is 0 Å². The van der Waals surface area contributed by atoms with Crippen LogP contribution in [0.5, 0.6) is 0 Å². The van der Waals surface area contributed by atoms with Crippen LogP contribution in [0.2, 0.25) is 0 Å². The van der Waals surface area contributed by atoms with Crippen molar-refractivity contribution in [2.24, 2.45) is 4.99 Å². The molecule has 0 amide bonds. The van der Waals surface area contributed by atoms with Crippen molar-refractivity contribution in [2.45, 2.75) is 33.7 Å². The van der Waals surface area contributed by atoms with Crippen LogP contribution in [-0.2, 0) is 0 Å². The molecule has 22 heavy (non-hydrogen) atoms. The first-order valence-electron chi connectivity index (χ1n) is 7.42. The van der Waals surface area contributed by atoms with Gasteiger partial charge in [0.1, 0.15) is 0 Å². The van der Waals surface area contributed by atoms with Crippen LogP contribution >= 0.6 is 11.3 Å². The number of nitrogens with zero attached hydrogens (tertiary/aromatic N) is 2. The molecule has 2 heterocycles. The van der Waals surface area contributed by atoms with E-state index >= 15 is 0 Å². The second-order valence-electron chi connectivity index (χ2n) is 5.75. The molecule has 0 aliphatic carbocycles. The molecule has 0 unspecified atom stereocenters. The lowest BCUT2D eigenvalue weighted by Crippen LogP contribution is -2.17. The lowest BCUT2D eigenvalue weighted by molar-refractivity contribution is 0.548. The standard InChI is InChI=1S/C18H20N2OS/c1-12(2)20-16(17-6-5-9-21-17)11-22-18(20)19-15-8-7-13(3)10-14(15)4/h5-12H,1-4H3. The maximum Gasteiger partial charge on any atom is 0.190 e. The lowest BCUT2D eigenvalue weighted by Gasteiger charge is -2.11. The summed E-state index contributed by atoms with van der Waals surface area (Å²) in [4.78, 5) is 5.87. The van der Waals surface area contributed by atoms with Gasteiger partial charge in [-0.15, -0.1) is 11.3 Å². The topological polar surface area (TPSA) is 30.4 Å². The molecule has 0 fully saturated rings. The van der Waals surface area contributed by atoms with Crippen molar-refractivity contribution in [3.8, 4) is 11.5 Å². The van der Waals surface area contributed by atoms with Crippen LogP contribution in [0, 0.1) is 13.8 Å². The second kappa shape index (κ2) is 5.97. The highest BCUT2D eigenvalue weighted by Gasteiger charge is 2.13. The normalized spacial score (nSPS) is 12.3. The summed E-state index contributed by atoms with van der Waals surface area (Å²) < 4.78 is 7.78. The first-order chi connectivity index (χ1) is 10.6. The molecule has 0 saturated heterocycles. The summed E-state index contributed by atoms with van der Waals surface area (Å²) >= 11 is 1.65. The van der Waals surface area contributed by atoms with E-state index in [9.17, 15) is 0 Å². The molecule has 3 rings (SSSR count). The molecule has 4 heteroatoms. The van der Waals surface area contributed by atoms with Crippen molar-refractivity contribution in [2.75, 3.05) is 0 Å². The van der Waals surface area contributed by atoms with Crippen LogP contribution in [0.4, 0.5) is 5.69 Å². The Kier molecular flexibility index (Phi) is 4.03. The van der Waals surface area contributed by atoms with E-state index in [0.29, 0.717) is 6.04 Å². The number of aryl methyl sites for hydroxylation is 2. The van der Waals surface area contributed by atoms with Gasteiger partial charge in [0.15, 0.2) is 10.6 Å². The van der Waals surface area contributed by atoms with Crippen LogP contribution in [0.15, 0.2) is 51.4 Å². The monoisotopic (exact) mass is 312 g/mol. The zero-order chi connectivity index (χ0) is 15.7. The third kappa shape index (κ3) is 2.79. The van der Waals surface area contributed by atoms with Gasteiger partial charge in [0.05, 0.1) is 17.6 Å². The van der Waals surface area contributed by atoms with Crippen LogP contribution in [0.25, 0.3) is 11.5 Å². The molecule has 0 aliphatic rings. The smallest absolute Gasteiger partial charge is 0.190 e. The summed E-state index contributed by atoms with van der Waals surface area (Å²) in [7, 11) is 0. The molecule has 2 aromatic heterocycles. The molecule has 3 nitrogen and oxygen atoms in total. The molecule has 0 spiro atoms. The molecular formula is C18H20N2OS. The van der Waals surface area contributed by atoms with E-state index in [1.807, 2.05) is 12.1 Å². The molecule has 1 aromatic carbocycles. The molecule has 0 atom stereocenters. The van der Waals surface area contributed by atoms with Crippen molar-refractivity contribution in [3.05, 3.63) is 57.9 Å². The zero-order valence-electron chi connectivity index (χ0n) is 13.3. The Morgan fingerprint density at radius 3 is 2.64 bits per heavy atom. The fourth-order valence-corrected chi connectivity index (χ4v) is 3.56. The van der Waals surface area contributed by atoms with Crippen molar-refractivity contribution in [3.63, 3.8) is 0 Å². The average Bonchev–Trinajstić information content (AvgIpc) is 3.10. The maximum atomic E-state index is 5.56. The molecule has 114 valence electrons. The highest BCUT2D eigenvalue weighted by Crippen LogP contribution is 2.25. The summed E-state index contributed by atoms with van der Waals surface area (Å²) in [6.45, 7) is 8.54. The van der Waals surface area contributed by atoms with Gasteiger partial charge in [0.25, 0.3) is 0 Å². The summed E-state index contributed by atoms with van der Waals surface area (Å²) in [6, 6.07) is 10.6. The van der Waals surface area contributed by atoms with E-state index in [1.165, 1.54) is 11.1 Å². The van der Waals surface area contributed by atoms with Crippen LogP contribution in [-0.4, -0.2) is 4.57 Å². The Hall–Kier alpha value is -2.07. The van der Waals surface area contributed by atoms with Crippen LogP contribution < -0.4 is 4.80 Å². The lowest BCUT2D eigenvalue weighted by atomic mass is 10.1. The second-order valence-corrected chi connectivity index (χ2v) is 6.58. The molecular weight excluding hydrogens is 292 g/mol. The van der Waals surface area contributed by atoms with Crippen molar-refractivity contribution in [1.82, 2.24) is 4.57 Å². The van der Waals surface area contributed by atoms with Gasteiger partial charge in [-0.1, -0.05) is 17.7 Å². The Morgan fingerprint density at radius 1 is 1.18 bits per heavy atom. The van der Waals surface area contributed by atoms with Gasteiger partial charge < -0.3 is 8.98 Å².